The summed E-state index contributed by atoms with van der Waals surface area (Å²) in [5.74, 6) is 0. The number of nitrogens with zero attached hydrogens (tertiary/aromatic N) is 2. The van der Waals surface area contributed by atoms with Crippen LogP contribution in [0.25, 0.3) is 0 Å². The van der Waals surface area contributed by atoms with Crippen LogP contribution in [0.2, 0.25) is 0 Å². The fourth-order valence-electron chi connectivity index (χ4n) is 1.03. The quantitative estimate of drug-likeness (QED) is 0.398. The molecule has 0 aromatic rings. The van der Waals surface area contributed by atoms with Crippen LogP contribution in [0.1, 0.15) is 34.1 Å². The molecule has 0 amide bonds. The second-order valence-corrected chi connectivity index (χ2v) is 6.38. The van der Waals surface area contributed by atoms with E-state index in [1.807, 2.05) is 33.8 Å². The third kappa shape index (κ3) is 4.12. The summed E-state index contributed by atoms with van der Waals surface area (Å²) in [6.07, 6.45) is 0.445. The van der Waals surface area contributed by atoms with E-state index in [0.717, 1.165) is 0 Å². The molecule has 7 nitrogen and oxygen atoms in total. The molecule has 0 bridgehead atoms. The van der Waals surface area contributed by atoms with Gasteiger partial charge in [0.15, 0.2) is 6.16 Å². The van der Waals surface area contributed by atoms with Gasteiger partial charge in [-0.05, 0) is 27.7 Å². The molecule has 8 heteroatoms. The summed E-state index contributed by atoms with van der Waals surface area (Å²) in [6.45, 7) is 7.44. The monoisotopic (exact) mass is 265 g/mol. The molecule has 0 N–H and O–H groups in total. The summed E-state index contributed by atoms with van der Waals surface area (Å²) in [7, 11) is -2.56. The maximum absolute atomic E-state index is 8.61. The molecule has 1 aliphatic rings. The van der Waals surface area contributed by atoms with Gasteiger partial charge in [0.05, 0.1) is 24.7 Å². The Balaban J connectivity index is 2.67. The lowest BCUT2D eigenvalue weighted by molar-refractivity contribution is -0.515. The Kier molecular flexibility index (Phi) is 5.70. The largest absolute Gasteiger partial charge is 0.490 e. The molecule has 0 aromatic carbocycles. The summed E-state index contributed by atoms with van der Waals surface area (Å²) in [6, 6.07) is 2.03. The first-order chi connectivity index (χ1) is 8.00. The zero-order chi connectivity index (χ0) is 12.9. The first-order valence-electron chi connectivity index (χ1n) is 5.44. The molecule has 17 heavy (non-hydrogen) atoms. The average Bonchev–Trinajstić information content (AvgIpc) is 2.14. The van der Waals surface area contributed by atoms with Crippen LogP contribution in [0.3, 0.4) is 0 Å². The molecule has 0 radical (unpaired) electrons. The highest BCUT2D eigenvalue weighted by Gasteiger charge is 2.66. The van der Waals surface area contributed by atoms with Crippen molar-refractivity contribution in [1.82, 2.24) is 5.00 Å². The molecule has 0 saturated carbocycles. The Labute approximate surface area is 101 Å². The average molecular weight is 265 g/mol. The van der Waals surface area contributed by atoms with Crippen LogP contribution in [0.4, 0.5) is 0 Å². The summed E-state index contributed by atoms with van der Waals surface area (Å²) in [4.78, 5) is 12.2. The summed E-state index contributed by atoms with van der Waals surface area (Å²) in [5, 5.41) is 12.9. The number of nitriles is 1. The van der Waals surface area contributed by atoms with E-state index in [2.05, 4.69) is 5.04 Å². The lowest BCUT2D eigenvalue weighted by Gasteiger charge is -2.32. The molecule has 0 aromatic heterocycles. The molecule has 1 fully saturated rings. The number of hydrogen-bond donors (Lipinski definition) is 0. The van der Waals surface area contributed by atoms with Crippen LogP contribution in [-0.4, -0.2) is 23.4 Å². The Morgan fingerprint density at radius 3 is 2.00 bits per heavy atom. The highest BCUT2D eigenvalue weighted by molar-refractivity contribution is 7.64. The van der Waals surface area contributed by atoms with Crippen molar-refractivity contribution in [3.8, 4) is 6.07 Å². The van der Waals surface area contributed by atoms with Crippen LogP contribution >= 0.6 is 7.87 Å². The predicted molar refractivity (Wildman–Crippen MR) is 59.6 cm³/mol. The number of rotatable bonds is 7. The number of hydrogen-bond acceptors (Lipinski definition) is 7. The summed E-state index contributed by atoms with van der Waals surface area (Å²) in [5.41, 5.74) is 0. The Bertz CT molecular complexity index is 267. The molecular weight excluding hydrogens is 247 g/mol. The SMILES string of the molecule is CC(C)ON(OC(C)C)[P+]1(CCC#N)OOO1. The van der Waals surface area contributed by atoms with E-state index in [9.17, 15) is 0 Å². The molecule has 0 spiro atoms. The molecule has 1 saturated heterocycles. The fourth-order valence-corrected chi connectivity index (χ4v) is 2.70. The molecular formula is C9H18N2O5P+. The minimum absolute atomic E-state index is 0.0967. The Morgan fingerprint density at radius 1 is 1.18 bits per heavy atom. The third-order valence-electron chi connectivity index (χ3n) is 1.65. The molecule has 0 aliphatic carbocycles. The lowest BCUT2D eigenvalue weighted by Crippen LogP contribution is -2.38. The smallest absolute Gasteiger partial charge is 0.236 e. The molecule has 0 atom stereocenters. The van der Waals surface area contributed by atoms with Crippen LogP contribution in [-0.2, 0) is 24.1 Å². The van der Waals surface area contributed by atoms with Crippen molar-refractivity contribution in [2.24, 2.45) is 0 Å². The van der Waals surface area contributed by atoms with Gasteiger partial charge in [0, 0.05) is 14.4 Å². The van der Waals surface area contributed by atoms with Gasteiger partial charge in [-0.15, -0.1) is 0 Å². The maximum Gasteiger partial charge on any atom is 0.490 e. The zero-order valence-corrected chi connectivity index (χ0v) is 11.3. The van der Waals surface area contributed by atoms with E-state index in [4.69, 9.17) is 24.3 Å². The lowest BCUT2D eigenvalue weighted by atomic mass is 10.5. The molecule has 1 heterocycles. The van der Waals surface area contributed by atoms with Crippen molar-refractivity contribution >= 4 is 7.87 Å². The topological polar surface area (TPSA) is 73.2 Å². The van der Waals surface area contributed by atoms with Gasteiger partial charge in [-0.2, -0.15) is 5.26 Å². The van der Waals surface area contributed by atoms with Gasteiger partial charge in [-0.1, -0.05) is 0 Å². The molecule has 98 valence electrons. The van der Waals surface area contributed by atoms with Crippen LogP contribution in [0, 0.1) is 11.3 Å². The van der Waals surface area contributed by atoms with Gasteiger partial charge in [0.2, 0.25) is 0 Å². The predicted octanol–water partition coefficient (Wildman–Crippen LogP) is 2.54. The molecule has 0 unspecified atom stereocenters. The van der Waals surface area contributed by atoms with Gasteiger partial charge in [0.25, 0.3) is 0 Å². The van der Waals surface area contributed by atoms with E-state index >= 15 is 0 Å². The van der Waals surface area contributed by atoms with Crippen molar-refractivity contribution in [2.75, 3.05) is 6.16 Å². The van der Waals surface area contributed by atoms with E-state index in [-0.39, 0.29) is 18.6 Å². The minimum atomic E-state index is -2.56. The molecule has 1 aliphatic heterocycles. The zero-order valence-electron chi connectivity index (χ0n) is 10.5. The standard InChI is InChI=1S/C9H18N2O5P/c1-8(2)12-11(13-9(3)4)17(7-5-6-10)15-14-16-17/h8-9H,5,7H2,1-4H3/q+1. The van der Waals surface area contributed by atoms with Crippen LogP contribution in [0.15, 0.2) is 0 Å². The van der Waals surface area contributed by atoms with Crippen LogP contribution in [0.5, 0.6) is 0 Å². The van der Waals surface area contributed by atoms with Crippen molar-refractivity contribution in [2.45, 2.75) is 46.3 Å². The van der Waals surface area contributed by atoms with Crippen molar-refractivity contribution in [1.29, 1.82) is 5.26 Å². The third-order valence-corrected chi connectivity index (χ3v) is 3.71. The normalized spacial score (nSPS) is 18.5. The Morgan fingerprint density at radius 2 is 1.71 bits per heavy atom. The van der Waals surface area contributed by atoms with Gasteiger partial charge < -0.3 is 0 Å². The van der Waals surface area contributed by atoms with Gasteiger partial charge in [-0.3, -0.25) is 0 Å². The van der Waals surface area contributed by atoms with Crippen molar-refractivity contribution in [3.05, 3.63) is 0 Å². The van der Waals surface area contributed by atoms with E-state index in [1.54, 1.807) is 0 Å². The maximum atomic E-state index is 8.61. The van der Waals surface area contributed by atoms with Crippen LogP contribution < -0.4 is 0 Å². The second kappa shape index (κ2) is 6.57. The second-order valence-electron chi connectivity index (χ2n) is 4.03. The highest BCUT2D eigenvalue weighted by atomic mass is 31.2. The van der Waals surface area contributed by atoms with Gasteiger partial charge in [-0.25, -0.2) is 9.68 Å². The first-order valence-corrected chi connectivity index (χ1v) is 7.20. The first kappa shape index (κ1) is 14.7. The summed E-state index contributed by atoms with van der Waals surface area (Å²) < 4.78 is 10.00. The summed E-state index contributed by atoms with van der Waals surface area (Å²) >= 11 is 0. The molecule has 1 rings (SSSR count). The van der Waals surface area contributed by atoms with Crippen molar-refractivity contribution < 1.29 is 24.1 Å². The fraction of sp³-hybridized carbons (Fsp3) is 0.889. The van der Waals surface area contributed by atoms with E-state index in [0.29, 0.717) is 6.16 Å². The van der Waals surface area contributed by atoms with Gasteiger partial charge in [0.1, 0.15) is 5.00 Å². The van der Waals surface area contributed by atoms with E-state index < -0.39 is 7.87 Å². The minimum Gasteiger partial charge on any atom is -0.236 e. The van der Waals surface area contributed by atoms with Gasteiger partial charge >= 0.3 is 7.87 Å². The van der Waals surface area contributed by atoms with Crippen molar-refractivity contribution in [3.63, 3.8) is 0 Å². The Hall–Kier alpha value is -0.320. The highest BCUT2D eigenvalue weighted by Crippen LogP contribution is 2.71. The van der Waals surface area contributed by atoms with E-state index in [1.165, 1.54) is 5.00 Å².